The van der Waals surface area contributed by atoms with Crippen LogP contribution in [0.1, 0.15) is 31.4 Å². The van der Waals surface area contributed by atoms with Gasteiger partial charge >= 0.3 is 0 Å². The molecule has 1 fully saturated rings. The van der Waals surface area contributed by atoms with Gasteiger partial charge in [-0.25, -0.2) is 4.98 Å². The van der Waals surface area contributed by atoms with Crippen LogP contribution >= 0.6 is 11.8 Å². The number of rotatable bonds is 3. The van der Waals surface area contributed by atoms with E-state index in [2.05, 4.69) is 29.1 Å². The van der Waals surface area contributed by atoms with Crippen molar-refractivity contribution in [1.29, 1.82) is 0 Å². The van der Waals surface area contributed by atoms with E-state index < -0.39 is 0 Å². The molecule has 2 rings (SSSR count). The van der Waals surface area contributed by atoms with Gasteiger partial charge in [0.15, 0.2) is 0 Å². The van der Waals surface area contributed by atoms with Crippen molar-refractivity contribution in [2.75, 3.05) is 18.1 Å². The lowest BCUT2D eigenvalue weighted by molar-refractivity contribution is 0.565. The molecular weight excluding hydrogens is 206 g/mol. The fraction of sp³-hybridized carbons (Fsp3) is 0.727. The molecule has 1 saturated heterocycles. The maximum atomic E-state index is 4.46. The minimum absolute atomic E-state index is 0.421. The van der Waals surface area contributed by atoms with Gasteiger partial charge in [0.1, 0.15) is 5.82 Å². The zero-order valence-corrected chi connectivity index (χ0v) is 10.2. The molecular formula is C11H19N3S. The zero-order valence-electron chi connectivity index (χ0n) is 9.42. The topological polar surface area (TPSA) is 40.7 Å². The number of nitrogens with zero attached hydrogens (tertiary/aromatic N) is 1. The molecule has 0 amide bonds. The molecule has 1 aliphatic rings. The SMILES string of the molecule is CC(C)Cc1cnc(C2CSCCN2)[nH]1. The molecule has 1 unspecified atom stereocenters. The predicted molar refractivity (Wildman–Crippen MR) is 65.2 cm³/mol. The Bertz CT molecular complexity index is 303. The van der Waals surface area contributed by atoms with E-state index in [1.165, 1.54) is 11.4 Å². The summed E-state index contributed by atoms with van der Waals surface area (Å²) >= 11 is 2.00. The third-order valence-corrected chi connectivity index (χ3v) is 3.59. The Morgan fingerprint density at radius 1 is 1.60 bits per heavy atom. The van der Waals surface area contributed by atoms with Gasteiger partial charge in [-0.05, 0) is 12.3 Å². The first-order valence-electron chi connectivity index (χ1n) is 5.60. The van der Waals surface area contributed by atoms with Crippen LogP contribution in [-0.4, -0.2) is 28.0 Å². The van der Waals surface area contributed by atoms with Gasteiger partial charge in [-0.1, -0.05) is 13.8 Å². The van der Waals surface area contributed by atoms with Crippen LogP contribution in [0.15, 0.2) is 6.20 Å². The van der Waals surface area contributed by atoms with Gasteiger partial charge in [-0.3, -0.25) is 0 Å². The molecule has 2 heterocycles. The molecule has 1 atom stereocenters. The largest absolute Gasteiger partial charge is 0.345 e. The number of aromatic nitrogens is 2. The molecule has 0 bridgehead atoms. The summed E-state index contributed by atoms with van der Waals surface area (Å²) in [6.07, 6.45) is 3.07. The van der Waals surface area contributed by atoms with E-state index in [0.717, 1.165) is 24.5 Å². The van der Waals surface area contributed by atoms with Crippen molar-refractivity contribution < 1.29 is 0 Å². The van der Waals surface area contributed by atoms with Crippen LogP contribution in [0.5, 0.6) is 0 Å². The van der Waals surface area contributed by atoms with Crippen LogP contribution in [0, 0.1) is 5.92 Å². The second kappa shape index (κ2) is 5.03. The normalized spacial score (nSPS) is 22.2. The highest BCUT2D eigenvalue weighted by Crippen LogP contribution is 2.19. The third kappa shape index (κ3) is 2.98. The molecule has 84 valence electrons. The Morgan fingerprint density at radius 2 is 2.47 bits per heavy atom. The lowest BCUT2D eigenvalue weighted by Gasteiger charge is -2.21. The molecule has 0 aromatic carbocycles. The molecule has 0 radical (unpaired) electrons. The van der Waals surface area contributed by atoms with E-state index >= 15 is 0 Å². The maximum Gasteiger partial charge on any atom is 0.124 e. The van der Waals surface area contributed by atoms with E-state index in [9.17, 15) is 0 Å². The molecule has 3 nitrogen and oxygen atoms in total. The van der Waals surface area contributed by atoms with Gasteiger partial charge in [0.2, 0.25) is 0 Å². The molecule has 4 heteroatoms. The predicted octanol–water partition coefficient (Wildman–Crippen LogP) is 1.99. The Kier molecular flexibility index (Phi) is 3.70. The minimum atomic E-state index is 0.421. The summed E-state index contributed by atoms with van der Waals surface area (Å²) in [6, 6.07) is 0.421. The van der Waals surface area contributed by atoms with E-state index in [1.807, 2.05) is 18.0 Å². The fourth-order valence-electron chi connectivity index (χ4n) is 1.84. The highest BCUT2D eigenvalue weighted by atomic mass is 32.2. The number of nitrogens with one attached hydrogen (secondary N) is 2. The van der Waals surface area contributed by atoms with Crippen LogP contribution in [0.2, 0.25) is 0 Å². The fourth-order valence-corrected chi connectivity index (χ4v) is 2.78. The summed E-state index contributed by atoms with van der Waals surface area (Å²) < 4.78 is 0. The number of H-pyrrole nitrogens is 1. The lowest BCUT2D eigenvalue weighted by Crippen LogP contribution is -2.31. The summed E-state index contributed by atoms with van der Waals surface area (Å²) in [4.78, 5) is 7.89. The molecule has 1 aliphatic heterocycles. The van der Waals surface area contributed by atoms with Gasteiger partial charge in [-0.2, -0.15) is 11.8 Å². The van der Waals surface area contributed by atoms with Crippen LogP contribution < -0.4 is 5.32 Å². The monoisotopic (exact) mass is 225 g/mol. The summed E-state index contributed by atoms with van der Waals surface area (Å²) in [5.41, 5.74) is 1.26. The highest BCUT2D eigenvalue weighted by molar-refractivity contribution is 7.99. The van der Waals surface area contributed by atoms with E-state index in [0.29, 0.717) is 12.0 Å². The van der Waals surface area contributed by atoms with Crippen molar-refractivity contribution in [2.24, 2.45) is 5.92 Å². The average molecular weight is 225 g/mol. The Morgan fingerprint density at radius 3 is 3.13 bits per heavy atom. The van der Waals surface area contributed by atoms with Crippen molar-refractivity contribution in [1.82, 2.24) is 15.3 Å². The van der Waals surface area contributed by atoms with Crippen molar-refractivity contribution >= 4 is 11.8 Å². The summed E-state index contributed by atoms with van der Waals surface area (Å²) in [5, 5.41) is 3.49. The smallest absolute Gasteiger partial charge is 0.124 e. The molecule has 1 aromatic heterocycles. The minimum Gasteiger partial charge on any atom is -0.345 e. The maximum absolute atomic E-state index is 4.46. The number of hydrogen-bond donors (Lipinski definition) is 2. The van der Waals surface area contributed by atoms with Gasteiger partial charge in [0.25, 0.3) is 0 Å². The van der Waals surface area contributed by atoms with Crippen molar-refractivity contribution in [3.63, 3.8) is 0 Å². The third-order valence-electron chi connectivity index (χ3n) is 2.53. The van der Waals surface area contributed by atoms with Gasteiger partial charge in [-0.15, -0.1) is 0 Å². The quantitative estimate of drug-likeness (QED) is 0.826. The summed E-state index contributed by atoms with van der Waals surface area (Å²) in [7, 11) is 0. The highest BCUT2D eigenvalue weighted by Gasteiger charge is 2.17. The number of hydrogen-bond acceptors (Lipinski definition) is 3. The molecule has 1 aromatic rings. The Hall–Kier alpha value is -0.480. The second-order valence-electron chi connectivity index (χ2n) is 4.47. The molecule has 0 aliphatic carbocycles. The Balaban J connectivity index is 1.99. The standard InChI is InChI=1S/C11H19N3S/c1-8(2)5-9-6-13-11(14-9)10-7-15-4-3-12-10/h6,8,10,12H,3-5,7H2,1-2H3,(H,13,14). The van der Waals surface area contributed by atoms with E-state index in [4.69, 9.17) is 0 Å². The number of thioether (sulfide) groups is 1. The van der Waals surface area contributed by atoms with Gasteiger partial charge in [0, 0.05) is 29.9 Å². The molecule has 0 spiro atoms. The summed E-state index contributed by atoms with van der Waals surface area (Å²) in [6.45, 7) is 5.56. The van der Waals surface area contributed by atoms with E-state index in [1.54, 1.807) is 0 Å². The average Bonchev–Trinajstić information content (AvgIpc) is 2.67. The van der Waals surface area contributed by atoms with Crippen LogP contribution in [0.4, 0.5) is 0 Å². The van der Waals surface area contributed by atoms with Gasteiger partial charge in [0.05, 0.1) is 6.04 Å². The first-order chi connectivity index (χ1) is 7.25. The van der Waals surface area contributed by atoms with Crippen LogP contribution in [0.3, 0.4) is 0 Å². The van der Waals surface area contributed by atoms with Crippen molar-refractivity contribution in [3.8, 4) is 0 Å². The lowest BCUT2D eigenvalue weighted by atomic mass is 10.1. The second-order valence-corrected chi connectivity index (χ2v) is 5.62. The van der Waals surface area contributed by atoms with Crippen LogP contribution in [0.25, 0.3) is 0 Å². The molecule has 2 N–H and O–H groups in total. The number of imidazole rings is 1. The first-order valence-corrected chi connectivity index (χ1v) is 6.76. The number of aromatic amines is 1. The molecule has 0 saturated carbocycles. The van der Waals surface area contributed by atoms with E-state index in [-0.39, 0.29) is 0 Å². The van der Waals surface area contributed by atoms with Crippen molar-refractivity contribution in [3.05, 3.63) is 17.7 Å². The Labute approximate surface area is 95.4 Å². The zero-order chi connectivity index (χ0) is 10.7. The summed E-state index contributed by atoms with van der Waals surface area (Å²) in [5.74, 6) is 4.15. The van der Waals surface area contributed by atoms with Gasteiger partial charge < -0.3 is 10.3 Å². The van der Waals surface area contributed by atoms with Crippen molar-refractivity contribution in [2.45, 2.75) is 26.3 Å². The first kappa shape index (κ1) is 11.0. The van der Waals surface area contributed by atoms with Crippen LogP contribution in [-0.2, 0) is 6.42 Å². The molecule has 15 heavy (non-hydrogen) atoms.